The molecule has 1 atom stereocenters. The largest absolute Gasteiger partial charge is 0.325 e. The second kappa shape index (κ2) is 10.4. The van der Waals surface area contributed by atoms with Crippen molar-refractivity contribution >= 4 is 50.2 Å². The number of rotatable bonds is 7. The number of hydrogen-bond acceptors (Lipinski definition) is 4. The van der Waals surface area contributed by atoms with Gasteiger partial charge in [0.2, 0.25) is 5.91 Å². The van der Waals surface area contributed by atoms with Crippen LogP contribution in [0.2, 0.25) is 0 Å². The van der Waals surface area contributed by atoms with E-state index in [-0.39, 0.29) is 17.2 Å². The van der Waals surface area contributed by atoms with Crippen LogP contribution in [-0.4, -0.2) is 21.2 Å². The molecule has 168 valence electrons. The highest BCUT2D eigenvalue weighted by molar-refractivity contribution is 9.10. The molecule has 0 aliphatic rings. The summed E-state index contributed by atoms with van der Waals surface area (Å²) in [6.07, 6.45) is 1.07. The number of amides is 1. The van der Waals surface area contributed by atoms with Crippen molar-refractivity contribution < 1.29 is 4.79 Å². The number of benzene rings is 3. The normalized spacial score (nSPS) is 12.0. The minimum absolute atomic E-state index is 0.133. The Morgan fingerprint density at radius 3 is 2.45 bits per heavy atom. The van der Waals surface area contributed by atoms with Crippen LogP contribution in [0.4, 0.5) is 5.69 Å². The number of para-hydroxylation sites is 1. The third kappa shape index (κ3) is 5.37. The molecule has 0 spiro atoms. The van der Waals surface area contributed by atoms with Crippen molar-refractivity contribution in [1.82, 2.24) is 9.55 Å². The van der Waals surface area contributed by atoms with Crippen LogP contribution >= 0.6 is 27.7 Å². The molecule has 33 heavy (non-hydrogen) atoms. The number of carbonyl (C=O) groups excluding carboxylic acids is 1. The topological polar surface area (TPSA) is 64.0 Å². The molecule has 4 aromatic rings. The minimum Gasteiger partial charge on any atom is -0.325 e. The fraction of sp³-hybridized carbons (Fsp3) is 0.192. The third-order valence-corrected chi connectivity index (χ3v) is 7.01. The third-order valence-electron chi connectivity index (χ3n) is 5.54. The van der Waals surface area contributed by atoms with Crippen molar-refractivity contribution in [2.75, 3.05) is 11.1 Å². The molecule has 1 unspecified atom stereocenters. The van der Waals surface area contributed by atoms with Crippen LogP contribution in [-0.2, 0) is 4.79 Å². The van der Waals surface area contributed by atoms with Gasteiger partial charge in [0.25, 0.3) is 5.56 Å². The number of anilines is 1. The van der Waals surface area contributed by atoms with Gasteiger partial charge in [-0.1, -0.05) is 65.8 Å². The molecule has 3 aromatic carbocycles. The molecule has 5 nitrogen and oxygen atoms in total. The highest BCUT2D eigenvalue weighted by Gasteiger charge is 2.15. The summed E-state index contributed by atoms with van der Waals surface area (Å²) in [5.41, 5.74) is 3.16. The summed E-state index contributed by atoms with van der Waals surface area (Å²) < 4.78 is 2.48. The Balaban J connectivity index is 1.57. The highest BCUT2D eigenvalue weighted by Crippen LogP contribution is 2.24. The van der Waals surface area contributed by atoms with Crippen molar-refractivity contribution in [1.29, 1.82) is 0 Å². The van der Waals surface area contributed by atoms with Crippen LogP contribution in [0.3, 0.4) is 0 Å². The smallest absolute Gasteiger partial charge is 0.266 e. The molecule has 0 saturated heterocycles. The summed E-state index contributed by atoms with van der Waals surface area (Å²) in [6, 6.07) is 22.7. The first-order chi connectivity index (χ1) is 16.0. The van der Waals surface area contributed by atoms with E-state index in [9.17, 15) is 9.59 Å². The quantitative estimate of drug-likeness (QED) is 0.226. The molecule has 0 fully saturated rings. The zero-order chi connectivity index (χ0) is 23.4. The first-order valence-corrected chi connectivity index (χ1v) is 12.5. The van der Waals surface area contributed by atoms with Gasteiger partial charge in [0, 0.05) is 10.2 Å². The number of fused-ring (bicyclic) bond motifs is 1. The number of halogens is 1. The monoisotopic (exact) mass is 521 g/mol. The van der Waals surface area contributed by atoms with E-state index < -0.39 is 0 Å². The number of hydrogen-bond donors (Lipinski definition) is 1. The maximum atomic E-state index is 13.3. The van der Waals surface area contributed by atoms with Gasteiger partial charge in [-0.3, -0.25) is 14.2 Å². The van der Waals surface area contributed by atoms with Gasteiger partial charge in [0.15, 0.2) is 5.16 Å². The Bertz CT molecular complexity index is 1330. The lowest BCUT2D eigenvalue weighted by Gasteiger charge is -2.14. The van der Waals surface area contributed by atoms with Crippen LogP contribution in [0.25, 0.3) is 16.6 Å². The lowest BCUT2D eigenvalue weighted by Crippen LogP contribution is -2.23. The van der Waals surface area contributed by atoms with Crippen LogP contribution in [0, 0.1) is 0 Å². The Morgan fingerprint density at radius 1 is 1.06 bits per heavy atom. The van der Waals surface area contributed by atoms with Gasteiger partial charge in [-0.15, -0.1) is 0 Å². The molecular weight excluding hydrogens is 498 g/mol. The molecule has 0 saturated carbocycles. The first kappa shape index (κ1) is 23.3. The molecule has 4 rings (SSSR count). The summed E-state index contributed by atoms with van der Waals surface area (Å²) in [5.74, 6) is 0.467. The predicted octanol–water partition coefficient (Wildman–Crippen LogP) is 6.39. The van der Waals surface area contributed by atoms with E-state index in [4.69, 9.17) is 0 Å². The van der Waals surface area contributed by atoms with Gasteiger partial charge in [0.1, 0.15) is 0 Å². The highest BCUT2D eigenvalue weighted by atomic mass is 79.9. The molecule has 1 heterocycles. The molecule has 0 bridgehead atoms. The summed E-state index contributed by atoms with van der Waals surface area (Å²) >= 11 is 4.67. The number of aromatic nitrogens is 2. The van der Waals surface area contributed by atoms with E-state index >= 15 is 0 Å². The second-order valence-electron chi connectivity index (χ2n) is 7.80. The molecule has 0 aliphatic carbocycles. The Morgan fingerprint density at radius 2 is 1.76 bits per heavy atom. The maximum Gasteiger partial charge on any atom is 0.266 e. The minimum atomic E-state index is -0.161. The second-order valence-corrected chi connectivity index (χ2v) is 9.65. The fourth-order valence-electron chi connectivity index (χ4n) is 3.48. The van der Waals surface area contributed by atoms with Crippen molar-refractivity contribution in [3.05, 3.63) is 93.2 Å². The van der Waals surface area contributed by atoms with Gasteiger partial charge in [-0.2, -0.15) is 0 Å². The summed E-state index contributed by atoms with van der Waals surface area (Å²) in [7, 11) is 0. The van der Waals surface area contributed by atoms with Gasteiger partial charge in [0.05, 0.1) is 22.3 Å². The molecule has 7 heteroatoms. The molecular formula is C26H24BrN3O2S. The van der Waals surface area contributed by atoms with Gasteiger partial charge >= 0.3 is 0 Å². The summed E-state index contributed by atoms with van der Waals surface area (Å²) in [5, 5.41) is 3.95. The zero-order valence-electron chi connectivity index (χ0n) is 18.4. The predicted molar refractivity (Wildman–Crippen MR) is 140 cm³/mol. The van der Waals surface area contributed by atoms with Crippen LogP contribution in [0.1, 0.15) is 31.7 Å². The first-order valence-electron chi connectivity index (χ1n) is 10.8. The lowest BCUT2D eigenvalue weighted by molar-refractivity contribution is -0.113. The molecule has 1 N–H and O–H groups in total. The van der Waals surface area contributed by atoms with E-state index in [2.05, 4.69) is 40.1 Å². The summed E-state index contributed by atoms with van der Waals surface area (Å²) in [6.45, 7) is 4.35. The SMILES string of the molecule is CCC(C)c1ccc(NC(=O)CSc2nc3ccccc3c(=O)n2-c2ccc(Br)cc2)cc1. The Labute approximate surface area is 205 Å². The lowest BCUT2D eigenvalue weighted by atomic mass is 9.99. The van der Waals surface area contributed by atoms with Crippen LogP contribution in [0.5, 0.6) is 0 Å². The Kier molecular flexibility index (Phi) is 7.30. The van der Waals surface area contributed by atoms with Crippen molar-refractivity contribution in [2.24, 2.45) is 0 Å². The van der Waals surface area contributed by atoms with Crippen molar-refractivity contribution in [3.63, 3.8) is 0 Å². The number of carbonyl (C=O) groups is 1. The molecule has 1 amide bonds. The number of nitrogens with zero attached hydrogens (tertiary/aromatic N) is 2. The standard InChI is InChI=1S/C26H24BrN3O2S/c1-3-17(2)18-8-12-20(13-9-18)28-24(31)16-33-26-29-23-7-5-4-6-22(23)25(32)30(26)21-14-10-19(27)11-15-21/h4-15,17H,3,16H2,1-2H3,(H,28,31). The van der Waals surface area contributed by atoms with Crippen LogP contribution in [0.15, 0.2) is 87.2 Å². The fourth-order valence-corrected chi connectivity index (χ4v) is 4.56. The Hall–Kier alpha value is -2.90. The van der Waals surface area contributed by atoms with Crippen molar-refractivity contribution in [2.45, 2.75) is 31.3 Å². The molecule has 0 aliphatic heterocycles. The number of thioether (sulfide) groups is 1. The zero-order valence-corrected chi connectivity index (χ0v) is 20.8. The van der Waals surface area contributed by atoms with Crippen molar-refractivity contribution in [3.8, 4) is 5.69 Å². The summed E-state index contributed by atoms with van der Waals surface area (Å²) in [4.78, 5) is 30.6. The average Bonchev–Trinajstić information content (AvgIpc) is 2.83. The van der Waals surface area contributed by atoms with Gasteiger partial charge in [-0.25, -0.2) is 4.98 Å². The van der Waals surface area contributed by atoms with E-state index in [0.29, 0.717) is 27.7 Å². The van der Waals surface area contributed by atoms with E-state index in [1.807, 2.05) is 66.7 Å². The molecule has 0 radical (unpaired) electrons. The van der Waals surface area contributed by atoms with E-state index in [1.54, 1.807) is 10.6 Å². The van der Waals surface area contributed by atoms with E-state index in [1.165, 1.54) is 17.3 Å². The van der Waals surface area contributed by atoms with Crippen LogP contribution < -0.4 is 10.9 Å². The van der Waals surface area contributed by atoms with Gasteiger partial charge in [-0.05, 0) is 66.4 Å². The number of nitrogens with one attached hydrogen (secondary N) is 1. The van der Waals surface area contributed by atoms with E-state index in [0.717, 1.165) is 16.6 Å². The maximum absolute atomic E-state index is 13.3. The average molecular weight is 522 g/mol. The van der Waals surface area contributed by atoms with Gasteiger partial charge < -0.3 is 5.32 Å². The molecule has 1 aromatic heterocycles.